The number of piperazine rings is 1. The number of nitriles is 1. The number of rotatable bonds is 8. The molecule has 9 rings (SSSR count). The van der Waals surface area contributed by atoms with Crippen molar-refractivity contribution in [1.29, 1.82) is 5.26 Å². The molecule has 13 nitrogen and oxygen atoms in total. The number of carbonyl (C=O) groups is 3. The van der Waals surface area contributed by atoms with E-state index in [0.717, 1.165) is 99.7 Å². The molecule has 2 atom stereocenters. The number of aromatic nitrogens is 2. The Hall–Kier alpha value is -5.32. The van der Waals surface area contributed by atoms with Crippen molar-refractivity contribution in [3.8, 4) is 11.9 Å². The Balaban J connectivity index is 0.760. The number of pyridine rings is 1. The highest BCUT2D eigenvalue weighted by Crippen LogP contribution is 2.39. The molecule has 5 aliphatic rings. The number of imide groups is 1. The fraction of sp³-hybridized carbons (Fsp3) is 0.465. The number of anilines is 3. The summed E-state index contributed by atoms with van der Waals surface area (Å²) in [4.78, 5) is 57.1. The van der Waals surface area contributed by atoms with E-state index in [4.69, 9.17) is 21.3 Å². The number of hydrogen-bond donors (Lipinski definition) is 2. The van der Waals surface area contributed by atoms with Gasteiger partial charge in [-0.05, 0) is 79.5 Å². The lowest BCUT2D eigenvalue weighted by Crippen LogP contribution is -2.52. The van der Waals surface area contributed by atoms with Gasteiger partial charge in [0.05, 0.1) is 28.9 Å². The number of methoxy groups -OCH3 is 1. The first-order valence-electron chi connectivity index (χ1n) is 20.3. The number of aromatic amines is 1. The second-order valence-electron chi connectivity index (χ2n) is 16.1. The molecule has 14 heteroatoms. The molecule has 0 bridgehead atoms. The van der Waals surface area contributed by atoms with Crippen molar-refractivity contribution < 1.29 is 19.1 Å². The Kier molecular flexibility index (Phi) is 10.2. The van der Waals surface area contributed by atoms with Crippen LogP contribution in [0.4, 0.5) is 17.2 Å². The number of hydrogen-bond acceptors (Lipinski definition) is 10. The molecule has 0 aliphatic carbocycles. The van der Waals surface area contributed by atoms with Crippen molar-refractivity contribution in [2.45, 2.75) is 57.0 Å². The quantitative estimate of drug-likeness (QED) is 0.227. The first-order chi connectivity index (χ1) is 27.8. The van der Waals surface area contributed by atoms with E-state index in [1.54, 1.807) is 11.1 Å². The molecule has 2 aromatic heterocycles. The van der Waals surface area contributed by atoms with Crippen LogP contribution in [0, 0.1) is 17.2 Å². The van der Waals surface area contributed by atoms with Crippen molar-refractivity contribution >= 4 is 57.4 Å². The van der Waals surface area contributed by atoms with Crippen LogP contribution in [-0.2, 0) is 16.1 Å². The summed E-state index contributed by atoms with van der Waals surface area (Å²) in [5, 5.41) is 13.4. The molecule has 296 valence electrons. The molecule has 5 aliphatic heterocycles. The molecular formula is C43H48ClN9O4. The fourth-order valence-corrected chi connectivity index (χ4v) is 9.98. The molecule has 4 aromatic rings. The zero-order valence-electron chi connectivity index (χ0n) is 32.3. The molecule has 0 saturated carbocycles. The first kappa shape index (κ1) is 37.3. The number of H-pyrrole nitrogens is 1. The Morgan fingerprint density at radius 1 is 0.930 bits per heavy atom. The van der Waals surface area contributed by atoms with Crippen LogP contribution in [0.15, 0.2) is 48.7 Å². The summed E-state index contributed by atoms with van der Waals surface area (Å²) < 4.78 is 5.60. The van der Waals surface area contributed by atoms with E-state index in [9.17, 15) is 19.6 Å². The largest absolute Gasteiger partial charge is 0.480 e. The summed E-state index contributed by atoms with van der Waals surface area (Å²) in [5.41, 5.74) is 6.53. The lowest BCUT2D eigenvalue weighted by atomic mass is 9.89. The van der Waals surface area contributed by atoms with Gasteiger partial charge in [0.2, 0.25) is 17.7 Å². The van der Waals surface area contributed by atoms with Gasteiger partial charge in [0.15, 0.2) is 0 Å². The van der Waals surface area contributed by atoms with Crippen LogP contribution < -0.4 is 24.8 Å². The van der Waals surface area contributed by atoms with E-state index in [2.05, 4.69) is 66.3 Å². The van der Waals surface area contributed by atoms with Gasteiger partial charge < -0.3 is 29.3 Å². The van der Waals surface area contributed by atoms with E-state index in [0.29, 0.717) is 41.0 Å². The predicted octanol–water partition coefficient (Wildman–Crippen LogP) is 5.28. The minimum atomic E-state index is -0.675. The van der Waals surface area contributed by atoms with Gasteiger partial charge in [-0.2, -0.15) is 10.2 Å². The van der Waals surface area contributed by atoms with E-state index in [-0.39, 0.29) is 24.1 Å². The summed E-state index contributed by atoms with van der Waals surface area (Å²) in [6.45, 7) is 8.97. The van der Waals surface area contributed by atoms with Crippen LogP contribution in [0.25, 0.3) is 10.9 Å². The van der Waals surface area contributed by atoms with Crippen LogP contribution in [0.3, 0.4) is 0 Å². The fourth-order valence-electron chi connectivity index (χ4n) is 9.72. The number of amides is 3. The minimum Gasteiger partial charge on any atom is -0.480 e. The average Bonchev–Trinajstić information content (AvgIpc) is 3.83. The molecule has 2 N–H and O–H groups in total. The summed E-state index contributed by atoms with van der Waals surface area (Å²) in [6, 6.07) is 16.8. The zero-order chi connectivity index (χ0) is 39.2. The maximum absolute atomic E-state index is 13.4. The van der Waals surface area contributed by atoms with Gasteiger partial charge in [0, 0.05) is 95.1 Å². The number of nitrogens with zero attached hydrogens (tertiary/aromatic N) is 7. The second kappa shape index (κ2) is 15.6. The molecule has 3 amide bonds. The molecule has 4 fully saturated rings. The number of fused-ring (bicyclic) bond motifs is 2. The molecule has 2 aromatic carbocycles. The Morgan fingerprint density at radius 3 is 2.46 bits per heavy atom. The highest BCUT2D eigenvalue weighted by Gasteiger charge is 2.41. The monoisotopic (exact) mass is 789 g/mol. The third-order valence-corrected chi connectivity index (χ3v) is 13.2. The van der Waals surface area contributed by atoms with Crippen LogP contribution in [0.2, 0.25) is 5.02 Å². The normalized spacial score (nSPS) is 22.2. The summed E-state index contributed by atoms with van der Waals surface area (Å²) in [6.07, 6.45) is 6.90. The summed E-state index contributed by atoms with van der Waals surface area (Å²) in [7, 11) is 1.52. The highest BCUT2D eigenvalue weighted by atomic mass is 35.5. The Labute approximate surface area is 337 Å². The van der Waals surface area contributed by atoms with E-state index >= 15 is 0 Å². The highest BCUT2D eigenvalue weighted by molar-refractivity contribution is 6.36. The number of benzene rings is 2. The zero-order valence-corrected chi connectivity index (χ0v) is 33.1. The average molecular weight is 790 g/mol. The number of carbonyl (C=O) groups excluding carboxylic acids is 3. The number of halogens is 1. The van der Waals surface area contributed by atoms with E-state index in [1.165, 1.54) is 31.2 Å². The van der Waals surface area contributed by atoms with Gasteiger partial charge in [-0.25, -0.2) is 0 Å². The van der Waals surface area contributed by atoms with Gasteiger partial charge >= 0.3 is 0 Å². The summed E-state index contributed by atoms with van der Waals surface area (Å²) in [5.74, 6) is 1.17. The smallest absolute Gasteiger partial charge is 0.260 e. The molecule has 57 heavy (non-hydrogen) atoms. The van der Waals surface area contributed by atoms with Crippen molar-refractivity contribution in [2.75, 3.05) is 80.7 Å². The topological polar surface area (TPSA) is 141 Å². The number of ether oxygens (including phenoxy) is 1. The van der Waals surface area contributed by atoms with Crippen LogP contribution in [0.1, 0.15) is 71.5 Å². The van der Waals surface area contributed by atoms with Gasteiger partial charge in [-0.1, -0.05) is 23.7 Å². The standard InChI is InChI=1S/C43H48ClN9O4/c1-57-42-39-30(26-53(43(39)56)35-10-11-37(54)48-41(35)55)21-36(47-42)51-19-17-49(18-20-51)24-27-12-15-50(16-13-27)32-6-4-28(5-7-32)29-3-2-14-52(25-29)34-9-8-33(44)38-31(22-45)23-46-40(34)38/h4-9,21,23,27,29,35,46H,2-3,10-20,24-26H2,1H3,(H,48,54,55)/t29-,35?/m1/s1. The molecule has 0 spiro atoms. The predicted molar refractivity (Wildman–Crippen MR) is 219 cm³/mol. The third kappa shape index (κ3) is 7.14. The number of piperidine rings is 3. The van der Waals surface area contributed by atoms with Crippen molar-refractivity contribution in [3.63, 3.8) is 0 Å². The van der Waals surface area contributed by atoms with Crippen molar-refractivity contribution in [3.05, 3.63) is 75.9 Å². The molecular weight excluding hydrogens is 742 g/mol. The first-order valence-corrected chi connectivity index (χ1v) is 20.6. The van der Waals surface area contributed by atoms with Crippen LogP contribution >= 0.6 is 11.6 Å². The molecule has 7 heterocycles. The van der Waals surface area contributed by atoms with Gasteiger partial charge in [-0.3, -0.25) is 24.6 Å². The van der Waals surface area contributed by atoms with Crippen molar-refractivity contribution in [1.82, 2.24) is 25.1 Å². The lowest BCUT2D eigenvalue weighted by Gasteiger charge is -2.40. The Morgan fingerprint density at radius 2 is 1.72 bits per heavy atom. The van der Waals surface area contributed by atoms with Gasteiger partial charge in [0.25, 0.3) is 5.91 Å². The lowest BCUT2D eigenvalue weighted by molar-refractivity contribution is -0.136. The molecule has 4 saturated heterocycles. The SMILES string of the molecule is COc1nc(N2CCN(CC3CCN(c4ccc([C@@H]5CCCN(c6ccc(Cl)c7c(C#N)c[nH]c67)C5)cc4)CC3)CC2)cc2c1C(=O)N(C1CCC(=O)NC1=O)C2. The maximum atomic E-state index is 13.4. The molecule has 0 radical (unpaired) electrons. The van der Waals surface area contributed by atoms with Crippen LogP contribution in [0.5, 0.6) is 5.88 Å². The molecule has 1 unspecified atom stereocenters. The van der Waals surface area contributed by atoms with Gasteiger partial charge in [0.1, 0.15) is 23.5 Å². The second-order valence-corrected chi connectivity index (χ2v) is 16.6. The summed E-state index contributed by atoms with van der Waals surface area (Å²) >= 11 is 6.50. The van der Waals surface area contributed by atoms with Crippen LogP contribution in [-0.4, -0.2) is 110 Å². The maximum Gasteiger partial charge on any atom is 0.260 e. The van der Waals surface area contributed by atoms with E-state index < -0.39 is 11.9 Å². The van der Waals surface area contributed by atoms with Crippen molar-refractivity contribution in [2.24, 2.45) is 5.92 Å². The number of nitrogens with one attached hydrogen (secondary N) is 2. The third-order valence-electron chi connectivity index (χ3n) is 12.9. The van der Waals surface area contributed by atoms with E-state index in [1.807, 2.05) is 12.1 Å². The van der Waals surface area contributed by atoms with Gasteiger partial charge in [-0.15, -0.1) is 0 Å². The minimum absolute atomic E-state index is 0.216. The Bertz CT molecular complexity index is 2240.